The minimum Gasteiger partial charge on any atom is -0.468 e. The van der Waals surface area contributed by atoms with Gasteiger partial charge in [0.05, 0.1) is 12.7 Å². The quantitative estimate of drug-likeness (QED) is 0.628. The number of esters is 1. The van der Waals surface area contributed by atoms with Crippen LogP contribution in [0.25, 0.3) is 0 Å². The highest BCUT2D eigenvalue weighted by molar-refractivity contribution is 5.89. The van der Waals surface area contributed by atoms with Crippen molar-refractivity contribution in [3.63, 3.8) is 0 Å². The molecule has 5 heteroatoms. The molecule has 2 rings (SSSR count). The molecule has 0 aliphatic rings. The van der Waals surface area contributed by atoms with Crippen molar-refractivity contribution in [3.8, 4) is 5.75 Å². The average molecular weight is 315 g/mol. The van der Waals surface area contributed by atoms with Crippen LogP contribution in [0.4, 0.5) is 0 Å². The number of hydrogen-bond donors (Lipinski definition) is 1. The standard InChI is InChI=1S/C18H21NO4/c1-21-12-23-16-5-3-4-15(11-16)17(19)10-13-6-8-14(9-7-13)18(20)22-2/h3-9,11,17H,10,12,19H2,1-2H3. The zero-order valence-corrected chi connectivity index (χ0v) is 13.3. The van der Waals surface area contributed by atoms with Gasteiger partial charge in [-0.1, -0.05) is 24.3 Å². The van der Waals surface area contributed by atoms with Gasteiger partial charge in [-0.3, -0.25) is 0 Å². The lowest BCUT2D eigenvalue weighted by Gasteiger charge is -2.14. The molecule has 0 saturated carbocycles. The molecular weight excluding hydrogens is 294 g/mol. The molecule has 0 aliphatic heterocycles. The second-order valence-electron chi connectivity index (χ2n) is 5.12. The lowest BCUT2D eigenvalue weighted by molar-refractivity contribution is 0.0510. The van der Waals surface area contributed by atoms with E-state index in [9.17, 15) is 4.79 Å². The Kier molecular flexibility index (Phi) is 6.14. The lowest BCUT2D eigenvalue weighted by Crippen LogP contribution is -2.13. The topological polar surface area (TPSA) is 70.8 Å². The van der Waals surface area contributed by atoms with Crippen molar-refractivity contribution in [1.29, 1.82) is 0 Å². The molecular formula is C18H21NO4. The Morgan fingerprint density at radius 1 is 1.13 bits per heavy atom. The third kappa shape index (κ3) is 4.81. The summed E-state index contributed by atoms with van der Waals surface area (Å²) >= 11 is 0. The second kappa shape index (κ2) is 8.31. The van der Waals surface area contributed by atoms with Crippen LogP contribution >= 0.6 is 0 Å². The van der Waals surface area contributed by atoms with Crippen LogP contribution in [0.5, 0.6) is 5.75 Å². The summed E-state index contributed by atoms with van der Waals surface area (Å²) in [6.45, 7) is 0.202. The predicted octanol–water partition coefficient (Wildman–Crippen LogP) is 2.70. The summed E-state index contributed by atoms with van der Waals surface area (Å²) in [6.07, 6.45) is 0.662. The van der Waals surface area contributed by atoms with Crippen molar-refractivity contribution in [2.75, 3.05) is 21.0 Å². The molecule has 0 saturated heterocycles. The number of carbonyl (C=O) groups is 1. The van der Waals surface area contributed by atoms with E-state index < -0.39 is 0 Å². The SMILES string of the molecule is COCOc1cccc(C(N)Cc2ccc(C(=O)OC)cc2)c1. The van der Waals surface area contributed by atoms with Crippen LogP contribution in [-0.4, -0.2) is 27.0 Å². The van der Waals surface area contributed by atoms with Gasteiger partial charge < -0.3 is 19.9 Å². The van der Waals surface area contributed by atoms with Crippen LogP contribution in [-0.2, 0) is 15.9 Å². The zero-order valence-electron chi connectivity index (χ0n) is 13.3. The summed E-state index contributed by atoms with van der Waals surface area (Å²) in [4.78, 5) is 11.4. The van der Waals surface area contributed by atoms with E-state index in [-0.39, 0.29) is 18.8 Å². The van der Waals surface area contributed by atoms with Crippen molar-refractivity contribution in [2.45, 2.75) is 12.5 Å². The number of carbonyl (C=O) groups excluding carboxylic acids is 1. The summed E-state index contributed by atoms with van der Waals surface area (Å²) in [5, 5.41) is 0. The molecule has 2 aromatic rings. The Balaban J connectivity index is 2.03. The molecule has 1 atom stereocenters. The van der Waals surface area contributed by atoms with Crippen molar-refractivity contribution < 1.29 is 19.0 Å². The van der Waals surface area contributed by atoms with Crippen molar-refractivity contribution in [2.24, 2.45) is 5.73 Å². The van der Waals surface area contributed by atoms with Crippen LogP contribution in [0.1, 0.15) is 27.5 Å². The molecule has 0 bridgehead atoms. The van der Waals surface area contributed by atoms with E-state index in [4.69, 9.17) is 15.2 Å². The smallest absolute Gasteiger partial charge is 0.337 e. The third-order valence-corrected chi connectivity index (χ3v) is 3.46. The first-order chi connectivity index (χ1) is 11.1. The molecule has 1 unspecified atom stereocenters. The Hall–Kier alpha value is -2.37. The molecule has 0 aromatic heterocycles. The van der Waals surface area contributed by atoms with Crippen molar-refractivity contribution >= 4 is 5.97 Å². The highest BCUT2D eigenvalue weighted by Crippen LogP contribution is 2.21. The Morgan fingerprint density at radius 3 is 2.52 bits per heavy atom. The first-order valence-electron chi connectivity index (χ1n) is 7.28. The molecule has 0 fully saturated rings. The normalized spacial score (nSPS) is 11.8. The largest absolute Gasteiger partial charge is 0.468 e. The number of rotatable bonds is 7. The maximum absolute atomic E-state index is 11.4. The monoisotopic (exact) mass is 315 g/mol. The van der Waals surface area contributed by atoms with E-state index in [1.807, 2.05) is 36.4 Å². The molecule has 0 heterocycles. The van der Waals surface area contributed by atoms with Gasteiger partial charge in [0.25, 0.3) is 0 Å². The van der Waals surface area contributed by atoms with E-state index >= 15 is 0 Å². The number of methoxy groups -OCH3 is 2. The minimum atomic E-state index is -0.344. The number of nitrogens with two attached hydrogens (primary N) is 1. The van der Waals surface area contributed by atoms with Gasteiger partial charge in [-0.05, 0) is 41.8 Å². The van der Waals surface area contributed by atoms with Gasteiger partial charge in [0.2, 0.25) is 0 Å². The molecule has 23 heavy (non-hydrogen) atoms. The Morgan fingerprint density at radius 2 is 1.87 bits per heavy atom. The lowest BCUT2D eigenvalue weighted by atomic mass is 9.99. The van der Waals surface area contributed by atoms with Gasteiger partial charge in [-0.2, -0.15) is 0 Å². The predicted molar refractivity (Wildman–Crippen MR) is 87.4 cm³/mol. The van der Waals surface area contributed by atoms with E-state index in [1.165, 1.54) is 7.11 Å². The van der Waals surface area contributed by atoms with Gasteiger partial charge in [0.15, 0.2) is 6.79 Å². The molecule has 122 valence electrons. The van der Waals surface area contributed by atoms with E-state index in [0.717, 1.165) is 16.9 Å². The molecule has 0 spiro atoms. The van der Waals surface area contributed by atoms with Gasteiger partial charge >= 0.3 is 5.97 Å². The fraction of sp³-hybridized carbons (Fsp3) is 0.278. The fourth-order valence-corrected chi connectivity index (χ4v) is 2.23. The second-order valence-corrected chi connectivity index (χ2v) is 5.12. The Bertz CT molecular complexity index is 640. The Labute approximate surface area is 136 Å². The summed E-state index contributed by atoms with van der Waals surface area (Å²) < 4.78 is 15.0. The number of hydrogen-bond acceptors (Lipinski definition) is 5. The van der Waals surface area contributed by atoms with Gasteiger partial charge in [0, 0.05) is 13.2 Å². The van der Waals surface area contributed by atoms with Crippen molar-refractivity contribution in [3.05, 3.63) is 65.2 Å². The zero-order chi connectivity index (χ0) is 16.7. The minimum absolute atomic E-state index is 0.162. The van der Waals surface area contributed by atoms with Gasteiger partial charge in [0.1, 0.15) is 5.75 Å². The molecule has 0 amide bonds. The molecule has 2 aromatic carbocycles. The van der Waals surface area contributed by atoms with Crippen LogP contribution in [0.2, 0.25) is 0 Å². The van der Waals surface area contributed by atoms with Crippen LogP contribution in [0.3, 0.4) is 0 Å². The van der Waals surface area contributed by atoms with Crippen LogP contribution in [0, 0.1) is 0 Å². The summed E-state index contributed by atoms with van der Waals surface area (Å²) in [5.74, 6) is 0.379. The van der Waals surface area contributed by atoms with E-state index in [2.05, 4.69) is 4.74 Å². The highest BCUT2D eigenvalue weighted by Gasteiger charge is 2.10. The highest BCUT2D eigenvalue weighted by atomic mass is 16.7. The van der Waals surface area contributed by atoms with Gasteiger partial charge in [-0.15, -0.1) is 0 Å². The molecule has 0 radical (unpaired) electrons. The summed E-state index contributed by atoms with van der Waals surface area (Å²) in [6, 6.07) is 14.7. The molecule has 5 nitrogen and oxygen atoms in total. The molecule has 2 N–H and O–H groups in total. The van der Waals surface area contributed by atoms with Gasteiger partial charge in [-0.25, -0.2) is 4.79 Å². The molecule has 0 aliphatic carbocycles. The summed E-state index contributed by atoms with van der Waals surface area (Å²) in [7, 11) is 2.94. The maximum atomic E-state index is 11.4. The van der Waals surface area contributed by atoms with Crippen molar-refractivity contribution in [1.82, 2.24) is 0 Å². The number of ether oxygens (including phenoxy) is 3. The van der Waals surface area contributed by atoms with Crippen LogP contribution < -0.4 is 10.5 Å². The maximum Gasteiger partial charge on any atom is 0.337 e. The first-order valence-corrected chi connectivity index (χ1v) is 7.28. The summed E-state index contributed by atoms with van der Waals surface area (Å²) in [5.41, 5.74) is 8.83. The average Bonchev–Trinajstić information content (AvgIpc) is 2.60. The first kappa shape index (κ1) is 17.0. The fourth-order valence-electron chi connectivity index (χ4n) is 2.23. The van der Waals surface area contributed by atoms with Crippen LogP contribution in [0.15, 0.2) is 48.5 Å². The third-order valence-electron chi connectivity index (χ3n) is 3.46. The van der Waals surface area contributed by atoms with E-state index in [1.54, 1.807) is 19.2 Å². The number of benzene rings is 2. The van der Waals surface area contributed by atoms with E-state index in [0.29, 0.717) is 12.0 Å².